The van der Waals surface area contributed by atoms with E-state index in [4.69, 9.17) is 9.47 Å². The highest BCUT2D eigenvalue weighted by Gasteiger charge is 2.36. The van der Waals surface area contributed by atoms with Crippen LogP contribution in [0.3, 0.4) is 0 Å². The first-order valence-electron chi connectivity index (χ1n) is 10.4. The quantitative estimate of drug-likeness (QED) is 0.287. The first-order chi connectivity index (χ1) is 16.5. The van der Waals surface area contributed by atoms with Crippen LogP contribution in [0.5, 0.6) is 11.5 Å². The van der Waals surface area contributed by atoms with Crippen LogP contribution in [0, 0.1) is 0 Å². The predicted molar refractivity (Wildman–Crippen MR) is 123 cm³/mol. The summed E-state index contributed by atoms with van der Waals surface area (Å²) < 4.78 is 10.8. The number of para-hydroxylation sites is 2. The third kappa shape index (κ3) is 3.67. The third-order valence-corrected chi connectivity index (χ3v) is 5.42. The maximum absolute atomic E-state index is 13.5. The third-order valence-electron chi connectivity index (χ3n) is 5.42. The zero-order valence-corrected chi connectivity index (χ0v) is 17.7. The molecule has 0 aromatic heterocycles. The Labute approximate surface area is 194 Å². The molecule has 4 aromatic rings. The summed E-state index contributed by atoms with van der Waals surface area (Å²) in [6, 6.07) is 25.6. The molecule has 0 amide bonds. The first-order valence-corrected chi connectivity index (χ1v) is 10.4. The van der Waals surface area contributed by atoms with Gasteiger partial charge in [0.2, 0.25) is 0 Å². The second kappa shape index (κ2) is 8.60. The smallest absolute Gasteiger partial charge is 0.344 e. The van der Waals surface area contributed by atoms with Gasteiger partial charge >= 0.3 is 11.9 Å². The fourth-order valence-electron chi connectivity index (χ4n) is 3.88. The number of ether oxygens (including phenoxy) is 2. The van der Waals surface area contributed by atoms with Gasteiger partial charge in [-0.05, 0) is 36.4 Å². The fourth-order valence-corrected chi connectivity index (χ4v) is 3.88. The van der Waals surface area contributed by atoms with E-state index in [2.05, 4.69) is 0 Å². The molecule has 5 rings (SSSR count). The average molecular weight is 448 g/mol. The molecule has 1 aliphatic carbocycles. The average Bonchev–Trinajstić information content (AvgIpc) is 2.87. The molecule has 0 aliphatic heterocycles. The molecule has 4 aromatic carbocycles. The van der Waals surface area contributed by atoms with E-state index in [1.165, 1.54) is 36.4 Å². The Balaban J connectivity index is 1.55. The lowest BCUT2D eigenvalue weighted by Gasteiger charge is -2.21. The highest BCUT2D eigenvalue weighted by molar-refractivity contribution is 6.32. The van der Waals surface area contributed by atoms with Crippen molar-refractivity contribution in [2.75, 3.05) is 0 Å². The lowest BCUT2D eigenvalue weighted by atomic mass is 9.80. The van der Waals surface area contributed by atoms with Gasteiger partial charge in [-0.15, -0.1) is 0 Å². The molecule has 0 atom stereocenters. The molecule has 0 heterocycles. The highest BCUT2D eigenvalue weighted by atomic mass is 16.5. The number of rotatable bonds is 4. The van der Waals surface area contributed by atoms with E-state index in [0.717, 1.165) is 0 Å². The zero-order chi connectivity index (χ0) is 23.7. The summed E-state index contributed by atoms with van der Waals surface area (Å²) in [6.07, 6.45) is 0. The summed E-state index contributed by atoms with van der Waals surface area (Å²) in [5.41, 5.74) is -0.0887. The van der Waals surface area contributed by atoms with Crippen molar-refractivity contribution >= 4 is 23.5 Å². The summed E-state index contributed by atoms with van der Waals surface area (Å²) in [5.74, 6) is -1.98. The number of hydrogen-bond acceptors (Lipinski definition) is 6. The van der Waals surface area contributed by atoms with Crippen LogP contribution < -0.4 is 9.47 Å². The van der Waals surface area contributed by atoms with Gasteiger partial charge in [0.1, 0.15) is 11.5 Å². The first kappa shape index (κ1) is 21.0. The van der Waals surface area contributed by atoms with E-state index in [9.17, 15) is 19.2 Å². The van der Waals surface area contributed by atoms with Gasteiger partial charge in [0, 0.05) is 22.3 Å². The van der Waals surface area contributed by atoms with E-state index in [0.29, 0.717) is 11.5 Å². The highest BCUT2D eigenvalue weighted by Crippen LogP contribution is 2.32. The molecule has 6 heteroatoms. The van der Waals surface area contributed by atoms with Crippen molar-refractivity contribution < 1.29 is 28.7 Å². The molecule has 0 spiro atoms. The Bertz CT molecular complexity index is 1340. The van der Waals surface area contributed by atoms with E-state index >= 15 is 0 Å². The molecule has 0 N–H and O–H groups in total. The Hall–Kier alpha value is -4.84. The van der Waals surface area contributed by atoms with E-state index < -0.39 is 23.5 Å². The fraction of sp³-hybridized carbons (Fsp3) is 0. The summed E-state index contributed by atoms with van der Waals surface area (Å²) in [4.78, 5) is 52.6. The van der Waals surface area contributed by atoms with Gasteiger partial charge in [0.05, 0.1) is 11.1 Å². The molecule has 0 radical (unpaired) electrons. The van der Waals surface area contributed by atoms with Gasteiger partial charge in [0.15, 0.2) is 11.6 Å². The molecule has 0 saturated heterocycles. The minimum absolute atomic E-state index is 0.0254. The largest absolute Gasteiger partial charge is 0.423 e. The maximum Gasteiger partial charge on any atom is 0.344 e. The van der Waals surface area contributed by atoms with Gasteiger partial charge in [-0.2, -0.15) is 0 Å². The van der Waals surface area contributed by atoms with Crippen molar-refractivity contribution in [2.24, 2.45) is 0 Å². The number of fused-ring (bicyclic) bond motifs is 2. The minimum Gasteiger partial charge on any atom is -0.423 e. The Kier molecular flexibility index (Phi) is 5.32. The molecule has 164 valence electrons. The van der Waals surface area contributed by atoms with Crippen molar-refractivity contribution in [1.82, 2.24) is 0 Å². The van der Waals surface area contributed by atoms with Crippen LogP contribution in [-0.2, 0) is 0 Å². The SMILES string of the molecule is O=C(Oc1ccccc1)c1cccc2c1C(=O)c1cccc(C(=O)Oc3ccccc3)c1C2=O. The van der Waals surface area contributed by atoms with Crippen molar-refractivity contribution in [1.29, 1.82) is 0 Å². The normalized spacial score (nSPS) is 11.9. The van der Waals surface area contributed by atoms with Gasteiger partial charge in [-0.1, -0.05) is 60.7 Å². The van der Waals surface area contributed by atoms with Crippen LogP contribution in [0.15, 0.2) is 97.1 Å². The number of ketones is 2. The van der Waals surface area contributed by atoms with E-state index in [-0.39, 0.29) is 33.4 Å². The number of carbonyl (C=O) groups excluding carboxylic acids is 4. The summed E-state index contributed by atoms with van der Waals surface area (Å²) in [7, 11) is 0. The van der Waals surface area contributed by atoms with Gasteiger partial charge in [0.25, 0.3) is 0 Å². The molecular formula is C28H16O6. The van der Waals surface area contributed by atoms with E-state index in [1.54, 1.807) is 60.7 Å². The van der Waals surface area contributed by atoms with Crippen LogP contribution >= 0.6 is 0 Å². The molecular weight excluding hydrogens is 432 g/mol. The lowest BCUT2D eigenvalue weighted by Crippen LogP contribution is -2.27. The van der Waals surface area contributed by atoms with Gasteiger partial charge in [-0.25, -0.2) is 9.59 Å². The predicted octanol–water partition coefficient (Wildman–Crippen LogP) is 4.90. The standard InChI is InChI=1S/C28H16O6/c29-25-20-14-8-16-22(28(32)34-18-11-5-2-6-12-18)24(20)26(30)19-13-7-15-21(23(19)25)27(31)33-17-9-3-1-4-10-17/h1-16H. The molecule has 34 heavy (non-hydrogen) atoms. The van der Waals surface area contributed by atoms with Crippen molar-refractivity contribution in [3.05, 3.63) is 130 Å². The van der Waals surface area contributed by atoms with Crippen LogP contribution in [0.4, 0.5) is 0 Å². The number of hydrogen-bond donors (Lipinski definition) is 0. The Morgan fingerprint density at radius 3 is 1.24 bits per heavy atom. The van der Waals surface area contributed by atoms with Crippen molar-refractivity contribution in [3.63, 3.8) is 0 Å². The number of carbonyl (C=O) groups is 4. The summed E-state index contributed by atoms with van der Waals surface area (Å²) in [6.45, 7) is 0. The lowest BCUT2D eigenvalue weighted by molar-refractivity contribution is 0.0719. The van der Waals surface area contributed by atoms with Crippen LogP contribution in [0.2, 0.25) is 0 Å². The number of esters is 2. The van der Waals surface area contributed by atoms with Gasteiger partial charge in [-0.3, -0.25) is 9.59 Å². The van der Waals surface area contributed by atoms with Crippen LogP contribution in [0.25, 0.3) is 0 Å². The van der Waals surface area contributed by atoms with E-state index in [1.807, 2.05) is 0 Å². The summed E-state index contributed by atoms with van der Waals surface area (Å²) >= 11 is 0. The Morgan fingerprint density at radius 1 is 0.471 bits per heavy atom. The monoisotopic (exact) mass is 448 g/mol. The maximum atomic E-state index is 13.5. The molecule has 6 nitrogen and oxygen atoms in total. The minimum atomic E-state index is -0.757. The van der Waals surface area contributed by atoms with Crippen LogP contribution in [-0.4, -0.2) is 23.5 Å². The molecule has 0 unspecified atom stereocenters. The topological polar surface area (TPSA) is 86.7 Å². The second-order valence-electron chi connectivity index (χ2n) is 7.52. The van der Waals surface area contributed by atoms with Crippen molar-refractivity contribution in [2.45, 2.75) is 0 Å². The summed E-state index contributed by atoms with van der Waals surface area (Å²) in [5, 5.41) is 0. The molecule has 0 fully saturated rings. The van der Waals surface area contributed by atoms with Gasteiger partial charge < -0.3 is 9.47 Å². The molecule has 0 saturated carbocycles. The second-order valence-corrected chi connectivity index (χ2v) is 7.52. The molecule has 1 aliphatic rings. The zero-order valence-electron chi connectivity index (χ0n) is 17.7. The Morgan fingerprint density at radius 2 is 0.853 bits per heavy atom. The van der Waals surface area contributed by atoms with Crippen molar-refractivity contribution in [3.8, 4) is 11.5 Å². The molecule has 0 bridgehead atoms. The number of benzene rings is 4. The van der Waals surface area contributed by atoms with Crippen LogP contribution in [0.1, 0.15) is 52.6 Å².